The van der Waals surface area contributed by atoms with Crippen LogP contribution < -0.4 is 10.1 Å². The number of halogens is 2. The second-order valence-corrected chi connectivity index (χ2v) is 5.34. The van der Waals surface area contributed by atoms with Crippen molar-refractivity contribution in [2.24, 2.45) is 4.99 Å². The third kappa shape index (κ3) is 6.02. The minimum Gasteiger partial charge on any atom is -0.435 e. The van der Waals surface area contributed by atoms with Crippen molar-refractivity contribution in [3.8, 4) is 5.75 Å². The number of nitrogens with zero attached hydrogens (tertiary/aromatic N) is 4. The second-order valence-electron chi connectivity index (χ2n) is 5.34. The second kappa shape index (κ2) is 8.95. The van der Waals surface area contributed by atoms with Crippen molar-refractivity contribution in [2.75, 3.05) is 20.6 Å². The maximum Gasteiger partial charge on any atom is 0.387 e. The van der Waals surface area contributed by atoms with Gasteiger partial charge in [0.05, 0.1) is 0 Å². The van der Waals surface area contributed by atoms with Crippen molar-refractivity contribution in [2.45, 2.75) is 26.5 Å². The molecule has 0 aliphatic carbocycles. The van der Waals surface area contributed by atoms with E-state index < -0.39 is 6.61 Å². The first kappa shape index (κ1) is 18.6. The molecule has 9 heteroatoms. The summed E-state index contributed by atoms with van der Waals surface area (Å²) in [4.78, 5) is 10.3. The molecule has 1 heterocycles. The van der Waals surface area contributed by atoms with Gasteiger partial charge < -0.3 is 19.5 Å². The molecule has 1 aromatic carbocycles. The molecule has 136 valence electrons. The predicted molar refractivity (Wildman–Crippen MR) is 88.6 cm³/mol. The topological polar surface area (TPSA) is 75.8 Å². The lowest BCUT2D eigenvalue weighted by Gasteiger charge is -2.22. The Morgan fingerprint density at radius 3 is 2.64 bits per heavy atom. The van der Waals surface area contributed by atoms with E-state index >= 15 is 0 Å². The average Bonchev–Trinajstić information content (AvgIpc) is 2.98. The quantitative estimate of drug-likeness (QED) is 0.608. The van der Waals surface area contributed by atoms with Gasteiger partial charge in [0.25, 0.3) is 0 Å². The monoisotopic (exact) mass is 353 g/mol. The molecule has 2 aromatic rings. The van der Waals surface area contributed by atoms with Crippen LogP contribution in [-0.2, 0) is 13.0 Å². The average molecular weight is 353 g/mol. The van der Waals surface area contributed by atoms with Crippen LogP contribution in [0.4, 0.5) is 8.78 Å². The Morgan fingerprint density at radius 2 is 2.08 bits per heavy atom. The van der Waals surface area contributed by atoms with Crippen LogP contribution in [0.3, 0.4) is 0 Å². The Hall–Kier alpha value is -2.71. The van der Waals surface area contributed by atoms with Crippen LogP contribution in [0.25, 0.3) is 0 Å². The van der Waals surface area contributed by atoms with E-state index in [0.29, 0.717) is 37.2 Å². The number of aliphatic imine (C=N–C) groups is 1. The lowest BCUT2D eigenvalue weighted by Crippen LogP contribution is -2.39. The standard InChI is InChI=1S/C16H21F2N5O2/c1-11-21-14(25-22-11)8-9-20-16(19-2)23(3)10-12-4-6-13(7-5-12)24-15(17)18/h4-7,15H,8-10H2,1-3H3,(H,19,20). The molecular formula is C16H21F2N5O2. The summed E-state index contributed by atoms with van der Waals surface area (Å²) in [6.45, 7) is 0.109. The van der Waals surface area contributed by atoms with Gasteiger partial charge in [-0.25, -0.2) is 0 Å². The zero-order valence-corrected chi connectivity index (χ0v) is 14.4. The van der Waals surface area contributed by atoms with Crippen LogP contribution in [0.2, 0.25) is 0 Å². The molecule has 0 aliphatic heterocycles. The number of ether oxygens (including phenoxy) is 1. The van der Waals surface area contributed by atoms with Crippen molar-refractivity contribution < 1.29 is 18.0 Å². The molecule has 0 fully saturated rings. The van der Waals surface area contributed by atoms with Gasteiger partial charge in [-0.1, -0.05) is 17.3 Å². The minimum absolute atomic E-state index is 0.138. The molecule has 0 amide bonds. The number of hydrogen-bond acceptors (Lipinski definition) is 5. The summed E-state index contributed by atoms with van der Waals surface area (Å²) < 4.78 is 33.7. The molecule has 0 atom stereocenters. The largest absolute Gasteiger partial charge is 0.435 e. The zero-order chi connectivity index (χ0) is 18.2. The van der Waals surface area contributed by atoms with Crippen molar-refractivity contribution in [1.82, 2.24) is 20.4 Å². The Kier molecular flexibility index (Phi) is 6.67. The van der Waals surface area contributed by atoms with E-state index in [0.717, 1.165) is 5.56 Å². The molecule has 0 aliphatic rings. The highest BCUT2D eigenvalue weighted by atomic mass is 19.3. The van der Waals surface area contributed by atoms with Crippen molar-refractivity contribution in [3.05, 3.63) is 41.5 Å². The van der Waals surface area contributed by atoms with Gasteiger partial charge in [0, 0.05) is 33.6 Å². The smallest absolute Gasteiger partial charge is 0.387 e. The van der Waals surface area contributed by atoms with Crippen LogP contribution in [0, 0.1) is 6.92 Å². The number of benzene rings is 1. The maximum absolute atomic E-state index is 12.2. The van der Waals surface area contributed by atoms with E-state index in [-0.39, 0.29) is 5.75 Å². The molecular weight excluding hydrogens is 332 g/mol. The first-order chi connectivity index (χ1) is 12.0. The van der Waals surface area contributed by atoms with E-state index in [4.69, 9.17) is 4.52 Å². The molecule has 0 saturated carbocycles. The highest BCUT2D eigenvalue weighted by Gasteiger charge is 2.09. The van der Waals surface area contributed by atoms with Crippen LogP contribution in [0.5, 0.6) is 5.75 Å². The number of hydrogen-bond donors (Lipinski definition) is 1. The SMILES string of the molecule is CN=C(NCCc1nc(C)no1)N(C)Cc1ccc(OC(F)F)cc1. The fourth-order valence-corrected chi connectivity index (χ4v) is 2.23. The van der Waals surface area contributed by atoms with E-state index in [2.05, 4.69) is 25.2 Å². The summed E-state index contributed by atoms with van der Waals surface area (Å²) in [7, 11) is 3.57. The Labute approximate surface area is 144 Å². The number of alkyl halides is 2. The number of rotatable bonds is 7. The molecule has 1 N–H and O–H groups in total. The van der Waals surface area contributed by atoms with Gasteiger partial charge >= 0.3 is 6.61 Å². The van der Waals surface area contributed by atoms with Gasteiger partial charge in [-0.15, -0.1) is 0 Å². The molecule has 2 rings (SSSR count). The number of aromatic nitrogens is 2. The van der Waals surface area contributed by atoms with Crippen LogP contribution >= 0.6 is 0 Å². The molecule has 1 aromatic heterocycles. The van der Waals surface area contributed by atoms with E-state index in [1.165, 1.54) is 12.1 Å². The van der Waals surface area contributed by atoms with Gasteiger partial charge in [-0.3, -0.25) is 4.99 Å². The van der Waals surface area contributed by atoms with Crippen molar-refractivity contribution in [1.29, 1.82) is 0 Å². The zero-order valence-electron chi connectivity index (χ0n) is 14.4. The lowest BCUT2D eigenvalue weighted by atomic mass is 10.2. The summed E-state index contributed by atoms with van der Waals surface area (Å²) in [5.41, 5.74) is 0.944. The number of guanidine groups is 1. The molecule has 0 unspecified atom stereocenters. The minimum atomic E-state index is -2.82. The van der Waals surface area contributed by atoms with Crippen LogP contribution in [0.1, 0.15) is 17.3 Å². The van der Waals surface area contributed by atoms with E-state index in [1.54, 1.807) is 26.1 Å². The summed E-state index contributed by atoms with van der Waals surface area (Å²) in [5, 5.41) is 6.95. The van der Waals surface area contributed by atoms with Crippen LogP contribution in [0.15, 0.2) is 33.8 Å². The predicted octanol–water partition coefficient (Wildman–Crippen LogP) is 2.23. The van der Waals surface area contributed by atoms with Crippen LogP contribution in [-0.4, -0.2) is 48.3 Å². The molecule has 0 spiro atoms. The summed E-state index contributed by atoms with van der Waals surface area (Å²) in [6, 6.07) is 6.51. The fraction of sp³-hybridized carbons (Fsp3) is 0.438. The highest BCUT2D eigenvalue weighted by Crippen LogP contribution is 2.15. The first-order valence-electron chi connectivity index (χ1n) is 7.72. The molecule has 0 bridgehead atoms. The van der Waals surface area contributed by atoms with Gasteiger partial charge in [0.1, 0.15) is 5.75 Å². The third-order valence-electron chi connectivity index (χ3n) is 3.33. The molecule has 7 nitrogen and oxygen atoms in total. The maximum atomic E-state index is 12.2. The summed E-state index contributed by atoms with van der Waals surface area (Å²) >= 11 is 0. The van der Waals surface area contributed by atoms with Gasteiger partial charge in [0.2, 0.25) is 5.89 Å². The normalized spacial score (nSPS) is 11.7. The Bertz CT molecular complexity index is 688. The number of nitrogens with one attached hydrogen (secondary N) is 1. The third-order valence-corrected chi connectivity index (χ3v) is 3.33. The van der Waals surface area contributed by atoms with Gasteiger partial charge in [-0.2, -0.15) is 13.8 Å². The molecule has 0 radical (unpaired) electrons. The Balaban J connectivity index is 1.83. The lowest BCUT2D eigenvalue weighted by molar-refractivity contribution is -0.0498. The first-order valence-corrected chi connectivity index (χ1v) is 7.72. The Morgan fingerprint density at radius 1 is 1.36 bits per heavy atom. The van der Waals surface area contributed by atoms with Gasteiger partial charge in [0.15, 0.2) is 11.8 Å². The highest BCUT2D eigenvalue weighted by molar-refractivity contribution is 5.79. The van der Waals surface area contributed by atoms with E-state index in [1.807, 2.05) is 11.9 Å². The molecule has 0 saturated heterocycles. The molecule has 25 heavy (non-hydrogen) atoms. The van der Waals surface area contributed by atoms with Gasteiger partial charge in [-0.05, 0) is 24.6 Å². The summed E-state index contributed by atoms with van der Waals surface area (Å²) in [6.07, 6.45) is 0.591. The number of aryl methyl sites for hydroxylation is 1. The summed E-state index contributed by atoms with van der Waals surface area (Å²) in [5.74, 6) is 2.01. The fourth-order valence-electron chi connectivity index (χ4n) is 2.23. The van der Waals surface area contributed by atoms with Crippen molar-refractivity contribution in [3.63, 3.8) is 0 Å². The van der Waals surface area contributed by atoms with E-state index in [9.17, 15) is 8.78 Å². The van der Waals surface area contributed by atoms with Crippen molar-refractivity contribution >= 4 is 5.96 Å².